The first-order chi connectivity index (χ1) is 8.52. The fourth-order valence-electron chi connectivity index (χ4n) is 2.15. The molecule has 1 aromatic rings. The van der Waals surface area contributed by atoms with E-state index in [1.165, 1.54) is 18.4 Å². The summed E-state index contributed by atoms with van der Waals surface area (Å²) in [5.74, 6) is 0. The highest BCUT2D eigenvalue weighted by Crippen LogP contribution is 2.09. The molecule has 1 atom stereocenters. The van der Waals surface area contributed by atoms with Crippen LogP contribution in [-0.2, 0) is 13.6 Å². The van der Waals surface area contributed by atoms with Crippen LogP contribution in [0.4, 0.5) is 0 Å². The van der Waals surface area contributed by atoms with Crippen LogP contribution in [0.25, 0.3) is 0 Å². The van der Waals surface area contributed by atoms with E-state index in [2.05, 4.69) is 49.3 Å². The molecule has 1 N–H and O–H groups in total. The van der Waals surface area contributed by atoms with E-state index in [9.17, 15) is 0 Å². The number of hydrogen-bond acceptors (Lipinski definition) is 3. The Hall–Kier alpha value is -0.870. The largest absolute Gasteiger partial charge is 0.313 e. The molecule has 0 aromatic carbocycles. The second-order valence-corrected chi connectivity index (χ2v) is 5.44. The molecule has 1 rings (SSSR count). The van der Waals surface area contributed by atoms with Crippen molar-refractivity contribution >= 4 is 0 Å². The van der Waals surface area contributed by atoms with E-state index in [0.29, 0.717) is 12.1 Å². The minimum atomic E-state index is 0.552. The smallest absolute Gasteiger partial charge is 0.0534 e. The van der Waals surface area contributed by atoms with Gasteiger partial charge in [-0.15, -0.1) is 0 Å². The third-order valence-corrected chi connectivity index (χ3v) is 3.20. The number of likely N-dealkylation sites (N-methyl/N-ethyl adjacent to an activating group) is 1. The van der Waals surface area contributed by atoms with E-state index < -0.39 is 0 Å². The summed E-state index contributed by atoms with van der Waals surface area (Å²) >= 11 is 0. The van der Waals surface area contributed by atoms with Crippen LogP contribution in [0, 0.1) is 0 Å². The first-order valence-electron chi connectivity index (χ1n) is 6.94. The van der Waals surface area contributed by atoms with Crippen molar-refractivity contribution in [2.75, 3.05) is 13.6 Å². The van der Waals surface area contributed by atoms with Gasteiger partial charge < -0.3 is 5.32 Å². The van der Waals surface area contributed by atoms with Gasteiger partial charge in [0.2, 0.25) is 0 Å². The number of nitrogens with one attached hydrogen (secondary N) is 1. The lowest BCUT2D eigenvalue weighted by Crippen LogP contribution is -2.41. The summed E-state index contributed by atoms with van der Waals surface area (Å²) in [6, 6.07) is 1.15. The quantitative estimate of drug-likeness (QED) is 0.768. The Kier molecular flexibility index (Phi) is 6.36. The van der Waals surface area contributed by atoms with Crippen molar-refractivity contribution < 1.29 is 0 Å². The average Bonchev–Trinajstić information content (AvgIpc) is 2.69. The monoisotopic (exact) mass is 252 g/mol. The predicted molar refractivity (Wildman–Crippen MR) is 76.5 cm³/mol. The zero-order valence-electron chi connectivity index (χ0n) is 12.5. The number of aromatic nitrogens is 2. The fourth-order valence-corrected chi connectivity index (χ4v) is 2.15. The molecule has 4 heteroatoms. The Morgan fingerprint density at radius 2 is 2.17 bits per heavy atom. The Morgan fingerprint density at radius 1 is 1.44 bits per heavy atom. The molecule has 0 amide bonds. The molecule has 0 fully saturated rings. The van der Waals surface area contributed by atoms with E-state index in [-0.39, 0.29) is 0 Å². The molecule has 1 heterocycles. The van der Waals surface area contributed by atoms with Gasteiger partial charge in [0.1, 0.15) is 0 Å². The molecule has 0 saturated carbocycles. The fraction of sp³-hybridized carbons (Fsp3) is 0.786. The second-order valence-electron chi connectivity index (χ2n) is 5.44. The minimum Gasteiger partial charge on any atom is -0.313 e. The molecule has 1 aromatic heterocycles. The van der Waals surface area contributed by atoms with Crippen LogP contribution in [0.2, 0.25) is 0 Å². The van der Waals surface area contributed by atoms with Crippen LogP contribution < -0.4 is 5.32 Å². The third kappa shape index (κ3) is 5.19. The predicted octanol–water partition coefficient (Wildman–Crippen LogP) is 2.02. The van der Waals surface area contributed by atoms with Crippen LogP contribution >= 0.6 is 0 Å². The summed E-state index contributed by atoms with van der Waals surface area (Å²) in [6.07, 6.45) is 6.50. The molecular formula is C14H28N4. The molecule has 1 unspecified atom stereocenters. The molecule has 4 nitrogen and oxygen atoms in total. The molecule has 0 saturated heterocycles. The molecule has 0 aliphatic rings. The van der Waals surface area contributed by atoms with Crippen molar-refractivity contribution in [1.29, 1.82) is 0 Å². The lowest BCUT2D eigenvalue weighted by Gasteiger charge is -2.28. The summed E-state index contributed by atoms with van der Waals surface area (Å²) in [7, 11) is 4.17. The Labute approximate surface area is 111 Å². The maximum atomic E-state index is 4.22. The first-order valence-corrected chi connectivity index (χ1v) is 6.94. The Balaban J connectivity index is 2.50. The van der Waals surface area contributed by atoms with Gasteiger partial charge >= 0.3 is 0 Å². The van der Waals surface area contributed by atoms with Crippen LogP contribution in [0.15, 0.2) is 12.4 Å². The summed E-state index contributed by atoms with van der Waals surface area (Å²) in [5.41, 5.74) is 1.28. The summed E-state index contributed by atoms with van der Waals surface area (Å²) in [5, 5.41) is 7.76. The molecular weight excluding hydrogens is 224 g/mol. The molecule has 0 spiro atoms. The van der Waals surface area contributed by atoms with Crippen LogP contribution in [-0.4, -0.2) is 40.4 Å². The van der Waals surface area contributed by atoms with Gasteiger partial charge in [0, 0.05) is 44.0 Å². The van der Waals surface area contributed by atoms with Crippen molar-refractivity contribution in [3.8, 4) is 0 Å². The highest BCUT2D eigenvalue weighted by atomic mass is 15.2. The lowest BCUT2D eigenvalue weighted by molar-refractivity contribution is 0.211. The third-order valence-electron chi connectivity index (χ3n) is 3.20. The molecule has 0 aliphatic heterocycles. The highest BCUT2D eigenvalue weighted by molar-refractivity contribution is 5.03. The lowest BCUT2D eigenvalue weighted by atomic mass is 10.1. The molecule has 0 bridgehead atoms. The highest BCUT2D eigenvalue weighted by Gasteiger charge is 2.14. The summed E-state index contributed by atoms with van der Waals surface area (Å²) in [6.45, 7) is 8.68. The van der Waals surface area contributed by atoms with Gasteiger partial charge in [-0.1, -0.05) is 27.2 Å². The van der Waals surface area contributed by atoms with Gasteiger partial charge in [0.15, 0.2) is 0 Å². The molecule has 0 aliphatic carbocycles. The SMILES string of the molecule is CCCC(CNC(C)C)N(C)Cc1cnn(C)c1. The summed E-state index contributed by atoms with van der Waals surface area (Å²) < 4.78 is 1.87. The van der Waals surface area contributed by atoms with E-state index in [1.807, 2.05) is 17.9 Å². The molecule has 0 radical (unpaired) electrons. The molecule has 18 heavy (non-hydrogen) atoms. The normalized spacial score (nSPS) is 13.5. The number of nitrogens with zero attached hydrogens (tertiary/aromatic N) is 3. The van der Waals surface area contributed by atoms with E-state index in [0.717, 1.165) is 13.1 Å². The Bertz CT molecular complexity index is 332. The van der Waals surface area contributed by atoms with Crippen LogP contribution in [0.1, 0.15) is 39.2 Å². The van der Waals surface area contributed by atoms with Gasteiger partial charge in [0.25, 0.3) is 0 Å². The zero-order chi connectivity index (χ0) is 13.5. The number of hydrogen-bond donors (Lipinski definition) is 1. The zero-order valence-corrected chi connectivity index (χ0v) is 12.5. The van der Waals surface area contributed by atoms with Gasteiger partial charge in [-0.05, 0) is 13.5 Å². The van der Waals surface area contributed by atoms with E-state index in [4.69, 9.17) is 0 Å². The average molecular weight is 252 g/mol. The van der Waals surface area contributed by atoms with Gasteiger partial charge in [-0.2, -0.15) is 5.10 Å². The standard InChI is InChI=1S/C14H28N4/c1-6-7-14(9-15-12(2)3)17(4)10-13-8-16-18(5)11-13/h8,11-12,14-15H,6-7,9-10H2,1-5H3. The van der Waals surface area contributed by atoms with Gasteiger partial charge in [0.05, 0.1) is 6.20 Å². The van der Waals surface area contributed by atoms with Crippen LogP contribution in [0.5, 0.6) is 0 Å². The maximum absolute atomic E-state index is 4.22. The van der Waals surface area contributed by atoms with Crippen LogP contribution in [0.3, 0.4) is 0 Å². The van der Waals surface area contributed by atoms with Crippen molar-refractivity contribution in [3.63, 3.8) is 0 Å². The van der Waals surface area contributed by atoms with Gasteiger partial charge in [-0.25, -0.2) is 0 Å². The Morgan fingerprint density at radius 3 is 2.67 bits per heavy atom. The van der Waals surface area contributed by atoms with Crippen molar-refractivity contribution in [2.45, 2.75) is 52.2 Å². The minimum absolute atomic E-state index is 0.552. The first kappa shape index (κ1) is 15.2. The summed E-state index contributed by atoms with van der Waals surface area (Å²) in [4.78, 5) is 2.43. The van der Waals surface area contributed by atoms with Crippen molar-refractivity contribution in [3.05, 3.63) is 18.0 Å². The maximum Gasteiger partial charge on any atom is 0.0534 e. The van der Waals surface area contributed by atoms with Crippen molar-refractivity contribution in [2.24, 2.45) is 7.05 Å². The number of rotatable bonds is 8. The van der Waals surface area contributed by atoms with E-state index >= 15 is 0 Å². The van der Waals surface area contributed by atoms with Crippen molar-refractivity contribution in [1.82, 2.24) is 20.0 Å². The second kappa shape index (κ2) is 7.54. The topological polar surface area (TPSA) is 33.1 Å². The van der Waals surface area contributed by atoms with E-state index in [1.54, 1.807) is 0 Å². The van der Waals surface area contributed by atoms with Gasteiger partial charge in [-0.3, -0.25) is 9.58 Å². The molecule has 104 valence electrons. The number of aryl methyl sites for hydroxylation is 1.